The van der Waals surface area contributed by atoms with E-state index < -0.39 is 44.2 Å². The van der Waals surface area contributed by atoms with Gasteiger partial charge in [0.15, 0.2) is 6.10 Å². The summed E-state index contributed by atoms with van der Waals surface area (Å²) in [6, 6.07) is 20.0. The van der Waals surface area contributed by atoms with Gasteiger partial charge in [0.05, 0.1) is 6.61 Å². The van der Waals surface area contributed by atoms with Crippen LogP contribution in [0.15, 0.2) is 60.7 Å². The second-order valence-electron chi connectivity index (χ2n) is 10.2. The topological polar surface area (TPSA) is 91.3 Å². The van der Waals surface area contributed by atoms with Crippen LogP contribution in [0.1, 0.15) is 41.5 Å². The first kappa shape index (κ1) is 27.1. The lowest BCUT2D eigenvalue weighted by Crippen LogP contribution is -2.73. The second-order valence-corrected chi connectivity index (χ2v) is 14.5. The summed E-state index contributed by atoms with van der Waals surface area (Å²) in [5.74, 6) is -0.972. The quantitative estimate of drug-likeness (QED) is 0.462. The van der Waals surface area contributed by atoms with Crippen molar-refractivity contribution in [2.45, 2.75) is 70.5 Å². The van der Waals surface area contributed by atoms with Crippen LogP contribution in [0.25, 0.3) is 0 Å². The standard InChI is InChI=1S/C27H36O7Si/c1-19(28)31-18-24-27(6,30)25(23(17-32-24)33-20(2)29)34-35(26(3,4)5,21-13-9-7-10-14-21)22-15-11-8-12-16-22/h7-16,23-25,30H,17-18H2,1-6H3/t23-,24-,25+,27+/m1/s1. The van der Waals surface area contributed by atoms with Gasteiger partial charge in [0.2, 0.25) is 0 Å². The van der Waals surface area contributed by atoms with Crippen molar-refractivity contribution in [1.82, 2.24) is 0 Å². The summed E-state index contributed by atoms with van der Waals surface area (Å²) in [7, 11) is -3.11. The van der Waals surface area contributed by atoms with Crippen LogP contribution in [0.3, 0.4) is 0 Å². The molecular formula is C27H36O7Si. The van der Waals surface area contributed by atoms with Gasteiger partial charge in [0.25, 0.3) is 8.32 Å². The zero-order valence-electron chi connectivity index (χ0n) is 21.3. The van der Waals surface area contributed by atoms with Crippen molar-refractivity contribution in [3.8, 4) is 0 Å². The molecule has 8 heteroatoms. The predicted molar refractivity (Wildman–Crippen MR) is 135 cm³/mol. The lowest BCUT2D eigenvalue weighted by Gasteiger charge is -2.52. The van der Waals surface area contributed by atoms with Gasteiger partial charge in [0, 0.05) is 13.8 Å². The molecule has 0 aromatic heterocycles. The van der Waals surface area contributed by atoms with Gasteiger partial charge in [0.1, 0.15) is 24.4 Å². The summed E-state index contributed by atoms with van der Waals surface area (Å²) in [6.07, 6.45) is -2.65. The SMILES string of the molecule is CC(=O)OC[C@H]1OC[C@@H](OC(C)=O)[C@H](O[Si](c2ccccc2)(c2ccccc2)C(C)(C)C)[C@@]1(C)O. The van der Waals surface area contributed by atoms with Crippen LogP contribution in [0.5, 0.6) is 0 Å². The van der Waals surface area contributed by atoms with Gasteiger partial charge in [-0.15, -0.1) is 0 Å². The molecular weight excluding hydrogens is 464 g/mol. The fourth-order valence-electron chi connectivity index (χ4n) is 4.82. The van der Waals surface area contributed by atoms with Crippen molar-refractivity contribution in [3.63, 3.8) is 0 Å². The summed E-state index contributed by atoms with van der Waals surface area (Å²) in [6.45, 7) is 10.5. The second kappa shape index (κ2) is 10.6. The Bertz CT molecular complexity index is 962. The molecule has 0 unspecified atom stereocenters. The molecule has 0 saturated carbocycles. The fourth-order valence-corrected chi connectivity index (χ4v) is 9.61. The molecule has 1 saturated heterocycles. The van der Waals surface area contributed by atoms with E-state index in [1.54, 1.807) is 6.92 Å². The molecule has 0 aliphatic carbocycles. The van der Waals surface area contributed by atoms with Crippen molar-refractivity contribution in [2.75, 3.05) is 13.2 Å². The highest BCUT2D eigenvalue weighted by atomic mass is 28.4. The van der Waals surface area contributed by atoms with E-state index in [-0.39, 0.29) is 18.3 Å². The molecule has 35 heavy (non-hydrogen) atoms. The predicted octanol–water partition coefficient (Wildman–Crippen LogP) is 2.58. The third-order valence-electron chi connectivity index (χ3n) is 6.50. The lowest BCUT2D eigenvalue weighted by atomic mass is 9.87. The average molecular weight is 501 g/mol. The maximum Gasteiger partial charge on any atom is 0.303 e. The van der Waals surface area contributed by atoms with E-state index in [0.717, 1.165) is 10.4 Å². The van der Waals surface area contributed by atoms with Crippen molar-refractivity contribution in [1.29, 1.82) is 0 Å². The van der Waals surface area contributed by atoms with Gasteiger partial charge in [-0.1, -0.05) is 81.4 Å². The van der Waals surface area contributed by atoms with Crippen LogP contribution in [0.4, 0.5) is 0 Å². The summed E-state index contributed by atoms with van der Waals surface area (Å²) >= 11 is 0. The lowest BCUT2D eigenvalue weighted by molar-refractivity contribution is -0.245. The molecule has 3 rings (SSSR count). The van der Waals surface area contributed by atoms with E-state index in [1.807, 2.05) is 36.4 Å². The molecule has 4 atom stereocenters. The highest BCUT2D eigenvalue weighted by Crippen LogP contribution is 2.41. The largest absolute Gasteiger partial charge is 0.463 e. The van der Waals surface area contributed by atoms with E-state index in [0.29, 0.717) is 0 Å². The Balaban J connectivity index is 2.18. The number of benzene rings is 2. The monoisotopic (exact) mass is 500 g/mol. The summed E-state index contributed by atoms with van der Waals surface area (Å²) in [4.78, 5) is 23.5. The highest BCUT2D eigenvalue weighted by molar-refractivity contribution is 6.99. The van der Waals surface area contributed by atoms with Crippen LogP contribution in [-0.2, 0) is 28.2 Å². The van der Waals surface area contributed by atoms with Crippen molar-refractivity contribution in [3.05, 3.63) is 60.7 Å². The van der Waals surface area contributed by atoms with E-state index in [1.165, 1.54) is 13.8 Å². The van der Waals surface area contributed by atoms with Crippen molar-refractivity contribution in [2.24, 2.45) is 0 Å². The Hall–Kier alpha value is -2.52. The first-order valence-corrected chi connectivity index (χ1v) is 13.7. The molecule has 1 N–H and O–H groups in total. The third-order valence-corrected chi connectivity index (χ3v) is 11.5. The maximum absolute atomic E-state index is 12.0. The van der Waals surface area contributed by atoms with Crippen LogP contribution < -0.4 is 10.4 Å². The minimum Gasteiger partial charge on any atom is -0.463 e. The Morgan fingerprint density at radius 3 is 1.94 bits per heavy atom. The molecule has 0 spiro atoms. The van der Waals surface area contributed by atoms with Crippen LogP contribution >= 0.6 is 0 Å². The number of carbonyl (C=O) groups excluding carboxylic acids is 2. The van der Waals surface area contributed by atoms with Gasteiger partial charge in [-0.3, -0.25) is 9.59 Å². The van der Waals surface area contributed by atoms with Crippen LogP contribution in [-0.4, -0.2) is 62.5 Å². The Labute approximate surface area is 208 Å². The highest BCUT2D eigenvalue weighted by Gasteiger charge is 2.58. The molecule has 2 aromatic carbocycles. The van der Waals surface area contributed by atoms with Gasteiger partial charge in [-0.05, 0) is 22.3 Å². The molecule has 2 aromatic rings. The van der Waals surface area contributed by atoms with Gasteiger partial charge < -0.3 is 23.7 Å². The first-order valence-electron chi connectivity index (χ1n) is 11.8. The maximum atomic E-state index is 12.0. The minimum atomic E-state index is -3.11. The fraction of sp³-hybridized carbons (Fsp3) is 0.481. The number of carbonyl (C=O) groups is 2. The Morgan fingerprint density at radius 2 is 1.51 bits per heavy atom. The van der Waals surface area contributed by atoms with Gasteiger partial charge in [-0.2, -0.15) is 0 Å². The van der Waals surface area contributed by atoms with E-state index in [4.69, 9.17) is 18.6 Å². The summed E-state index contributed by atoms with van der Waals surface area (Å²) in [5.41, 5.74) is -1.62. The number of rotatable bonds is 7. The van der Waals surface area contributed by atoms with Gasteiger partial charge in [-0.25, -0.2) is 0 Å². The number of aliphatic hydroxyl groups is 1. The number of ether oxygens (including phenoxy) is 3. The van der Waals surface area contributed by atoms with Gasteiger partial charge >= 0.3 is 11.9 Å². The minimum absolute atomic E-state index is 0.00449. The smallest absolute Gasteiger partial charge is 0.303 e. The molecule has 0 radical (unpaired) electrons. The zero-order chi connectivity index (χ0) is 25.9. The van der Waals surface area contributed by atoms with Crippen LogP contribution in [0.2, 0.25) is 5.04 Å². The third kappa shape index (κ3) is 5.67. The molecule has 1 fully saturated rings. The number of hydrogen-bond donors (Lipinski definition) is 1. The molecule has 190 valence electrons. The molecule has 7 nitrogen and oxygen atoms in total. The zero-order valence-corrected chi connectivity index (χ0v) is 22.3. The first-order chi connectivity index (χ1) is 16.4. The van der Waals surface area contributed by atoms with Crippen molar-refractivity contribution < 1.29 is 33.3 Å². The molecule has 1 aliphatic rings. The summed E-state index contributed by atoms with van der Waals surface area (Å²) in [5, 5.41) is 13.5. The molecule has 0 amide bonds. The average Bonchev–Trinajstić information content (AvgIpc) is 2.78. The number of esters is 2. The van der Waals surface area contributed by atoms with Crippen molar-refractivity contribution >= 4 is 30.6 Å². The van der Waals surface area contributed by atoms with E-state index in [9.17, 15) is 14.7 Å². The van der Waals surface area contributed by atoms with E-state index in [2.05, 4.69) is 45.0 Å². The van der Waals surface area contributed by atoms with E-state index >= 15 is 0 Å². The molecule has 1 aliphatic heterocycles. The number of hydrogen-bond acceptors (Lipinski definition) is 7. The normalized spacial score (nSPS) is 25.1. The van der Waals surface area contributed by atoms with Crippen LogP contribution in [0, 0.1) is 0 Å². The molecule has 0 bridgehead atoms. The Kier molecular flexibility index (Phi) is 8.21. The summed E-state index contributed by atoms with van der Waals surface area (Å²) < 4.78 is 23.8. The molecule has 1 heterocycles. The Morgan fingerprint density at radius 1 is 1.00 bits per heavy atom.